The van der Waals surface area contributed by atoms with Gasteiger partial charge in [-0.2, -0.15) is 0 Å². The Hall–Kier alpha value is -1.26. The molecule has 0 aliphatic rings. The van der Waals surface area contributed by atoms with E-state index in [1.165, 1.54) is 11.1 Å². The monoisotopic (exact) mass is 500 g/mol. The van der Waals surface area contributed by atoms with E-state index in [1.807, 2.05) is 0 Å². The summed E-state index contributed by atoms with van der Waals surface area (Å²) in [6, 6.07) is 8.33. The lowest BCUT2D eigenvalue weighted by Crippen LogP contribution is -2.17. The zero-order valence-corrected chi connectivity index (χ0v) is 25.0. The third kappa shape index (κ3) is 7.13. The highest BCUT2D eigenvalue weighted by molar-refractivity contribution is 8.03. The van der Waals surface area contributed by atoms with Crippen LogP contribution in [0.4, 0.5) is 0 Å². The Bertz CT molecular complexity index is 927. The van der Waals surface area contributed by atoms with E-state index in [2.05, 4.69) is 107 Å². The predicted molar refractivity (Wildman–Crippen MR) is 149 cm³/mol. The maximum absolute atomic E-state index is 13.2. The molecular weight excluding hydrogens is 456 g/mol. The van der Waals surface area contributed by atoms with Crippen molar-refractivity contribution in [2.75, 3.05) is 11.5 Å². The molecule has 34 heavy (non-hydrogen) atoms. The molecule has 2 aromatic carbocycles. The van der Waals surface area contributed by atoms with Gasteiger partial charge in [-0.3, -0.25) is 10.2 Å². The number of hydrogen-bond acceptors (Lipinski definition) is 2. The zero-order chi connectivity index (χ0) is 26.3. The number of hydrogen-bond donors (Lipinski definition) is 0. The first-order valence-corrected chi connectivity index (χ1v) is 14.2. The largest absolute Gasteiger partial charge is 0.288 e. The van der Waals surface area contributed by atoms with Crippen LogP contribution in [-0.2, 0) is 31.9 Å². The van der Waals surface area contributed by atoms with Gasteiger partial charge < -0.3 is 0 Å². The fourth-order valence-corrected chi connectivity index (χ4v) is 5.71. The molecule has 0 unspecified atom stereocenters. The van der Waals surface area contributed by atoms with Crippen LogP contribution in [0.3, 0.4) is 0 Å². The molecule has 4 heteroatoms. The van der Waals surface area contributed by atoms with Crippen molar-refractivity contribution in [3.8, 4) is 11.5 Å². The fraction of sp³-hybridized carbons (Fsp3) is 0.600. The summed E-state index contributed by atoms with van der Waals surface area (Å²) in [4.78, 5) is 1.64. The molecule has 2 rings (SSSR count). The first kappa shape index (κ1) is 29.0. The molecule has 0 amide bonds. The van der Waals surface area contributed by atoms with Crippen LogP contribution in [0.25, 0.3) is 0 Å². The molecule has 0 aliphatic carbocycles. The summed E-state index contributed by atoms with van der Waals surface area (Å²) in [6.07, 6.45) is 0. The Morgan fingerprint density at radius 3 is 1.03 bits per heavy atom. The molecule has 0 bridgehead atoms. The van der Waals surface area contributed by atoms with Crippen LogP contribution in [0.5, 0.6) is 11.5 Å². The SMILES string of the molecule is CC(C)(C)c1cc(SCCSc2cc(C(C)(C)C)cc(C(C)(C)C)c2[O])c([O])c(C(C)(C)C)c1. The first-order chi connectivity index (χ1) is 15.2. The standard InChI is InChI=1S/C30H44O2S2/c1-27(2,3)19-15-21(29(7,8)9)25(31)23(17-19)33-13-14-34-24-18-20(28(4,5)6)16-22(26(24)32)30(10,11)12/h15-18H,13-14H2,1-12H3. The van der Waals surface area contributed by atoms with E-state index >= 15 is 0 Å². The number of benzene rings is 2. The maximum atomic E-state index is 13.2. The van der Waals surface area contributed by atoms with Gasteiger partial charge in [0.2, 0.25) is 0 Å². The summed E-state index contributed by atoms with van der Waals surface area (Å²) in [5, 5.41) is 26.5. The summed E-state index contributed by atoms with van der Waals surface area (Å²) < 4.78 is 0. The quantitative estimate of drug-likeness (QED) is 0.302. The van der Waals surface area contributed by atoms with Crippen LogP contribution in [0.2, 0.25) is 0 Å². The Morgan fingerprint density at radius 1 is 0.500 bits per heavy atom. The minimum Gasteiger partial charge on any atom is -0.288 e. The smallest absolute Gasteiger partial charge is 0.195 e. The Balaban J connectivity index is 2.29. The summed E-state index contributed by atoms with van der Waals surface area (Å²) >= 11 is 3.23. The average Bonchev–Trinajstić information content (AvgIpc) is 2.63. The summed E-state index contributed by atoms with van der Waals surface area (Å²) in [7, 11) is 0. The second-order valence-corrected chi connectivity index (χ2v) is 15.7. The van der Waals surface area contributed by atoms with Crippen LogP contribution in [0.15, 0.2) is 34.1 Å². The molecule has 0 heterocycles. The first-order valence-electron chi connectivity index (χ1n) is 12.2. The second-order valence-electron chi connectivity index (χ2n) is 13.4. The third-order valence-electron chi connectivity index (χ3n) is 6.06. The van der Waals surface area contributed by atoms with E-state index in [0.29, 0.717) is 0 Å². The molecule has 2 nitrogen and oxygen atoms in total. The van der Waals surface area contributed by atoms with E-state index < -0.39 is 0 Å². The Kier molecular flexibility index (Phi) is 8.53. The molecule has 0 spiro atoms. The van der Waals surface area contributed by atoms with Crippen LogP contribution >= 0.6 is 23.5 Å². The summed E-state index contributed by atoms with van der Waals surface area (Å²) in [6.45, 7) is 25.7. The average molecular weight is 501 g/mol. The lowest BCUT2D eigenvalue weighted by Gasteiger charge is -2.27. The van der Waals surface area contributed by atoms with Gasteiger partial charge in [0.25, 0.3) is 0 Å². The van der Waals surface area contributed by atoms with Gasteiger partial charge in [0.15, 0.2) is 11.5 Å². The van der Waals surface area contributed by atoms with Crippen molar-refractivity contribution in [3.05, 3.63) is 46.5 Å². The lowest BCUT2D eigenvalue weighted by molar-refractivity contribution is 0.328. The van der Waals surface area contributed by atoms with Crippen LogP contribution in [-0.4, -0.2) is 11.5 Å². The molecule has 0 saturated heterocycles. The van der Waals surface area contributed by atoms with Gasteiger partial charge in [0.1, 0.15) is 0 Å². The zero-order valence-electron chi connectivity index (χ0n) is 23.4. The molecule has 0 aromatic heterocycles. The van der Waals surface area contributed by atoms with E-state index in [-0.39, 0.29) is 33.2 Å². The number of rotatable bonds is 5. The fourth-order valence-electron chi connectivity index (χ4n) is 3.70. The molecular formula is C30H44O2S2. The van der Waals surface area contributed by atoms with Crippen LogP contribution < -0.4 is 0 Å². The molecule has 0 aliphatic heterocycles. The van der Waals surface area contributed by atoms with Crippen molar-refractivity contribution in [1.29, 1.82) is 0 Å². The molecule has 2 aromatic rings. The second kappa shape index (κ2) is 10.0. The van der Waals surface area contributed by atoms with Crippen molar-refractivity contribution < 1.29 is 10.2 Å². The summed E-state index contributed by atoms with van der Waals surface area (Å²) in [5.41, 5.74) is 3.71. The van der Waals surface area contributed by atoms with Gasteiger partial charge in [0, 0.05) is 22.6 Å². The predicted octanol–water partition coefficient (Wildman–Crippen LogP) is 10.0. The van der Waals surface area contributed by atoms with E-state index in [4.69, 9.17) is 0 Å². The molecule has 0 fully saturated rings. The van der Waals surface area contributed by atoms with Crippen LogP contribution in [0, 0.1) is 0 Å². The molecule has 2 radical (unpaired) electrons. The van der Waals surface area contributed by atoms with Gasteiger partial charge >= 0.3 is 0 Å². The Labute approximate surface area is 217 Å². The number of thioether (sulfide) groups is 2. The van der Waals surface area contributed by atoms with Gasteiger partial charge in [-0.25, -0.2) is 0 Å². The van der Waals surface area contributed by atoms with Gasteiger partial charge in [0.05, 0.1) is 9.79 Å². The minimum atomic E-state index is -0.198. The Morgan fingerprint density at radius 2 is 0.794 bits per heavy atom. The summed E-state index contributed by atoms with van der Waals surface area (Å²) in [5.74, 6) is 1.84. The van der Waals surface area contributed by atoms with Crippen molar-refractivity contribution in [3.63, 3.8) is 0 Å². The van der Waals surface area contributed by atoms with Crippen molar-refractivity contribution in [2.45, 2.75) is 115 Å². The highest BCUT2D eigenvalue weighted by Crippen LogP contribution is 2.44. The molecule has 0 N–H and O–H groups in total. The minimum absolute atomic E-state index is 0.0219. The highest BCUT2D eigenvalue weighted by atomic mass is 32.2. The van der Waals surface area contributed by atoms with Crippen molar-refractivity contribution >= 4 is 23.5 Å². The van der Waals surface area contributed by atoms with Crippen LogP contribution in [0.1, 0.15) is 105 Å². The molecule has 188 valence electrons. The highest BCUT2D eigenvalue weighted by Gasteiger charge is 2.27. The lowest BCUT2D eigenvalue weighted by atomic mass is 9.80. The normalized spacial score (nSPS) is 13.4. The van der Waals surface area contributed by atoms with E-state index in [0.717, 1.165) is 32.4 Å². The van der Waals surface area contributed by atoms with Crippen molar-refractivity contribution in [2.24, 2.45) is 0 Å². The maximum Gasteiger partial charge on any atom is 0.195 e. The van der Waals surface area contributed by atoms with Gasteiger partial charge in [-0.1, -0.05) is 95.2 Å². The van der Waals surface area contributed by atoms with Gasteiger partial charge in [-0.15, -0.1) is 23.5 Å². The third-order valence-corrected chi connectivity index (χ3v) is 8.36. The van der Waals surface area contributed by atoms with E-state index in [1.54, 1.807) is 23.5 Å². The van der Waals surface area contributed by atoms with Crippen molar-refractivity contribution in [1.82, 2.24) is 0 Å². The van der Waals surface area contributed by atoms with E-state index in [9.17, 15) is 10.2 Å². The topological polar surface area (TPSA) is 39.8 Å². The molecule has 0 saturated carbocycles. The molecule has 0 atom stereocenters. The van der Waals surface area contributed by atoms with Gasteiger partial charge in [-0.05, 0) is 44.9 Å².